The number of hydrogen-bond donors (Lipinski definition) is 1. The number of methoxy groups -OCH3 is 1. The number of fused-ring (bicyclic) bond motifs is 1. The zero-order chi connectivity index (χ0) is 14.1. The first-order valence-electron chi connectivity index (χ1n) is 6.33. The maximum absolute atomic E-state index is 5.23. The number of anilines is 1. The van der Waals surface area contributed by atoms with Crippen molar-refractivity contribution >= 4 is 26.7 Å². The van der Waals surface area contributed by atoms with Crippen LogP contribution in [0, 0.1) is 6.92 Å². The van der Waals surface area contributed by atoms with E-state index in [1.54, 1.807) is 18.4 Å². The average molecular weight is 288 g/mol. The maximum Gasteiger partial charge on any atom is 0.184 e. The van der Waals surface area contributed by atoms with Gasteiger partial charge in [0.05, 0.1) is 23.0 Å². The Morgan fingerprint density at radius 3 is 2.95 bits per heavy atom. The smallest absolute Gasteiger partial charge is 0.184 e. The van der Waals surface area contributed by atoms with Crippen molar-refractivity contribution < 1.29 is 4.74 Å². The standard InChI is InChI=1S/C14H16N4OS/c1-9-10(8-18(2)17-9)7-15-14-16-12-5-4-11(19-3)6-13(12)20-14/h4-6,8H,7H2,1-3H3,(H,15,16). The highest BCUT2D eigenvalue weighted by Gasteiger charge is 2.07. The zero-order valence-corrected chi connectivity index (χ0v) is 12.5. The van der Waals surface area contributed by atoms with Crippen LogP contribution in [0.15, 0.2) is 24.4 Å². The fraction of sp³-hybridized carbons (Fsp3) is 0.286. The van der Waals surface area contributed by atoms with Gasteiger partial charge in [-0.1, -0.05) is 11.3 Å². The molecule has 0 spiro atoms. The van der Waals surface area contributed by atoms with E-state index in [0.29, 0.717) is 0 Å². The summed E-state index contributed by atoms with van der Waals surface area (Å²) in [7, 11) is 3.60. The number of benzene rings is 1. The zero-order valence-electron chi connectivity index (χ0n) is 11.7. The monoisotopic (exact) mass is 288 g/mol. The fourth-order valence-electron chi connectivity index (χ4n) is 2.10. The minimum atomic E-state index is 0.733. The van der Waals surface area contributed by atoms with E-state index in [4.69, 9.17) is 4.74 Å². The number of rotatable bonds is 4. The summed E-state index contributed by atoms with van der Waals surface area (Å²) in [5.74, 6) is 0.857. The van der Waals surface area contributed by atoms with Crippen LogP contribution < -0.4 is 10.1 Å². The number of nitrogens with one attached hydrogen (secondary N) is 1. The van der Waals surface area contributed by atoms with Crippen molar-refractivity contribution in [1.82, 2.24) is 14.8 Å². The lowest BCUT2D eigenvalue weighted by Gasteiger charge is -1.99. The molecule has 0 aliphatic heterocycles. The van der Waals surface area contributed by atoms with Crippen LogP contribution in [0.4, 0.5) is 5.13 Å². The van der Waals surface area contributed by atoms with Crippen LogP contribution in [0.2, 0.25) is 0 Å². The molecule has 3 rings (SSSR count). The molecule has 2 heterocycles. The van der Waals surface area contributed by atoms with E-state index < -0.39 is 0 Å². The Balaban J connectivity index is 1.79. The molecular weight excluding hydrogens is 272 g/mol. The number of thiazole rings is 1. The van der Waals surface area contributed by atoms with Crippen LogP contribution in [-0.4, -0.2) is 21.9 Å². The fourth-order valence-corrected chi connectivity index (χ4v) is 2.99. The first kappa shape index (κ1) is 12.9. The van der Waals surface area contributed by atoms with E-state index >= 15 is 0 Å². The molecular formula is C14H16N4OS. The van der Waals surface area contributed by atoms with E-state index in [1.165, 1.54) is 5.56 Å². The molecule has 0 aliphatic carbocycles. The molecule has 0 aliphatic rings. The molecule has 1 aromatic carbocycles. The maximum atomic E-state index is 5.23. The molecule has 0 radical (unpaired) electrons. The van der Waals surface area contributed by atoms with Gasteiger partial charge in [0.1, 0.15) is 5.75 Å². The number of aromatic nitrogens is 3. The van der Waals surface area contributed by atoms with E-state index in [1.807, 2.05) is 43.0 Å². The first-order chi connectivity index (χ1) is 9.65. The quantitative estimate of drug-likeness (QED) is 0.802. The van der Waals surface area contributed by atoms with Crippen molar-refractivity contribution in [2.45, 2.75) is 13.5 Å². The van der Waals surface area contributed by atoms with Crippen LogP contribution in [0.1, 0.15) is 11.3 Å². The van der Waals surface area contributed by atoms with Crippen LogP contribution in [0.5, 0.6) is 5.75 Å². The van der Waals surface area contributed by atoms with Gasteiger partial charge in [0.15, 0.2) is 5.13 Å². The van der Waals surface area contributed by atoms with Crippen molar-refractivity contribution in [2.24, 2.45) is 7.05 Å². The molecule has 2 aromatic heterocycles. The highest BCUT2D eigenvalue weighted by molar-refractivity contribution is 7.22. The molecule has 0 bridgehead atoms. The molecule has 0 atom stereocenters. The minimum Gasteiger partial charge on any atom is -0.497 e. The molecule has 104 valence electrons. The van der Waals surface area contributed by atoms with Crippen molar-refractivity contribution in [1.29, 1.82) is 0 Å². The molecule has 6 heteroatoms. The van der Waals surface area contributed by atoms with E-state index in [0.717, 1.165) is 33.3 Å². The van der Waals surface area contributed by atoms with Gasteiger partial charge < -0.3 is 10.1 Å². The molecule has 3 aromatic rings. The van der Waals surface area contributed by atoms with Gasteiger partial charge in [-0.15, -0.1) is 0 Å². The Hall–Kier alpha value is -2.08. The molecule has 0 amide bonds. The number of hydrogen-bond acceptors (Lipinski definition) is 5. The Bertz CT molecular complexity index is 747. The summed E-state index contributed by atoms with van der Waals surface area (Å²) in [5, 5.41) is 8.60. The summed E-state index contributed by atoms with van der Waals surface area (Å²) in [6.07, 6.45) is 2.03. The molecule has 0 saturated heterocycles. The average Bonchev–Trinajstić information content (AvgIpc) is 2.98. The molecule has 0 unspecified atom stereocenters. The lowest BCUT2D eigenvalue weighted by Crippen LogP contribution is -1.99. The van der Waals surface area contributed by atoms with E-state index in [-0.39, 0.29) is 0 Å². The van der Waals surface area contributed by atoms with Crippen LogP contribution in [0.3, 0.4) is 0 Å². The third-order valence-electron chi connectivity index (χ3n) is 3.14. The summed E-state index contributed by atoms with van der Waals surface area (Å²) in [4.78, 5) is 4.56. The molecule has 20 heavy (non-hydrogen) atoms. The lowest BCUT2D eigenvalue weighted by molar-refractivity contribution is 0.415. The number of ether oxygens (including phenoxy) is 1. The largest absolute Gasteiger partial charge is 0.497 e. The number of aryl methyl sites for hydroxylation is 2. The lowest BCUT2D eigenvalue weighted by atomic mass is 10.3. The van der Waals surface area contributed by atoms with Gasteiger partial charge in [-0.2, -0.15) is 5.10 Å². The molecule has 0 fully saturated rings. The Morgan fingerprint density at radius 1 is 1.40 bits per heavy atom. The molecule has 0 saturated carbocycles. The van der Waals surface area contributed by atoms with Crippen LogP contribution in [0.25, 0.3) is 10.2 Å². The third-order valence-corrected chi connectivity index (χ3v) is 4.12. The highest BCUT2D eigenvalue weighted by atomic mass is 32.1. The topological polar surface area (TPSA) is 52.0 Å². The van der Waals surface area contributed by atoms with Crippen molar-refractivity contribution in [3.8, 4) is 5.75 Å². The SMILES string of the molecule is COc1ccc2nc(NCc3cn(C)nc3C)sc2c1. The third kappa shape index (κ3) is 2.46. The van der Waals surface area contributed by atoms with Crippen LogP contribution in [-0.2, 0) is 13.6 Å². The molecule has 1 N–H and O–H groups in total. The van der Waals surface area contributed by atoms with Gasteiger partial charge in [-0.25, -0.2) is 4.98 Å². The van der Waals surface area contributed by atoms with Crippen molar-refractivity contribution in [2.75, 3.05) is 12.4 Å². The van der Waals surface area contributed by atoms with Gasteiger partial charge in [0.2, 0.25) is 0 Å². The first-order valence-corrected chi connectivity index (χ1v) is 7.15. The summed E-state index contributed by atoms with van der Waals surface area (Å²) in [6.45, 7) is 2.75. The Morgan fingerprint density at radius 2 is 2.25 bits per heavy atom. The van der Waals surface area contributed by atoms with Gasteiger partial charge in [0, 0.05) is 25.4 Å². The van der Waals surface area contributed by atoms with Gasteiger partial charge in [-0.05, 0) is 25.1 Å². The number of nitrogens with zero attached hydrogens (tertiary/aromatic N) is 3. The second-order valence-corrected chi connectivity index (χ2v) is 5.65. The second kappa shape index (κ2) is 5.13. The summed E-state index contributed by atoms with van der Waals surface area (Å²) < 4.78 is 8.18. The Labute approximate surface area is 121 Å². The Kier molecular flexibility index (Phi) is 3.31. The summed E-state index contributed by atoms with van der Waals surface area (Å²) >= 11 is 1.63. The van der Waals surface area contributed by atoms with Crippen LogP contribution >= 0.6 is 11.3 Å². The second-order valence-electron chi connectivity index (χ2n) is 4.62. The van der Waals surface area contributed by atoms with Crippen molar-refractivity contribution in [3.63, 3.8) is 0 Å². The van der Waals surface area contributed by atoms with E-state index in [2.05, 4.69) is 15.4 Å². The van der Waals surface area contributed by atoms with Crippen molar-refractivity contribution in [3.05, 3.63) is 35.7 Å². The van der Waals surface area contributed by atoms with Gasteiger partial charge in [0.25, 0.3) is 0 Å². The normalized spacial score (nSPS) is 10.9. The summed E-state index contributed by atoms with van der Waals surface area (Å²) in [5.41, 5.74) is 3.22. The van der Waals surface area contributed by atoms with Gasteiger partial charge in [-0.3, -0.25) is 4.68 Å². The van der Waals surface area contributed by atoms with E-state index in [9.17, 15) is 0 Å². The predicted octanol–water partition coefficient (Wildman–Crippen LogP) is 2.96. The predicted molar refractivity (Wildman–Crippen MR) is 81.4 cm³/mol. The minimum absolute atomic E-state index is 0.733. The summed E-state index contributed by atoms with van der Waals surface area (Å²) in [6, 6.07) is 5.91. The molecule has 5 nitrogen and oxygen atoms in total. The van der Waals surface area contributed by atoms with Gasteiger partial charge >= 0.3 is 0 Å². The highest BCUT2D eigenvalue weighted by Crippen LogP contribution is 2.29.